The Labute approximate surface area is 119 Å². The average Bonchev–Trinajstić information content (AvgIpc) is 2.34. The molecule has 0 unspecified atom stereocenters. The zero-order chi connectivity index (χ0) is 16.2. The first kappa shape index (κ1) is 16.8. The van der Waals surface area contributed by atoms with Crippen LogP contribution in [0.1, 0.15) is 29.8 Å². The first-order valence-corrected chi connectivity index (χ1v) is 6.15. The minimum absolute atomic E-state index is 0.0947. The SMILES string of the molecule is CC(C)NC(=O)CNC(=O)c1ccc(N)c(C(F)(F)F)c1. The molecule has 0 aliphatic heterocycles. The van der Waals surface area contributed by atoms with Gasteiger partial charge in [-0.15, -0.1) is 0 Å². The molecule has 0 atom stereocenters. The summed E-state index contributed by atoms with van der Waals surface area (Å²) in [5, 5.41) is 4.78. The molecule has 116 valence electrons. The van der Waals surface area contributed by atoms with Gasteiger partial charge in [0, 0.05) is 17.3 Å². The lowest BCUT2D eigenvalue weighted by Crippen LogP contribution is -2.39. The van der Waals surface area contributed by atoms with E-state index in [9.17, 15) is 22.8 Å². The number of hydrogen-bond acceptors (Lipinski definition) is 3. The molecule has 0 aliphatic carbocycles. The van der Waals surface area contributed by atoms with Gasteiger partial charge in [0.25, 0.3) is 5.91 Å². The number of benzene rings is 1. The summed E-state index contributed by atoms with van der Waals surface area (Å²) >= 11 is 0. The lowest BCUT2D eigenvalue weighted by Gasteiger charge is -2.12. The molecule has 0 fully saturated rings. The lowest BCUT2D eigenvalue weighted by atomic mass is 10.1. The average molecular weight is 303 g/mol. The number of hydrogen-bond donors (Lipinski definition) is 3. The van der Waals surface area contributed by atoms with Crippen molar-refractivity contribution in [1.82, 2.24) is 10.6 Å². The highest BCUT2D eigenvalue weighted by molar-refractivity contribution is 5.97. The number of amides is 2. The molecule has 0 aromatic heterocycles. The summed E-state index contributed by atoms with van der Waals surface area (Å²) in [4.78, 5) is 23.1. The van der Waals surface area contributed by atoms with Crippen molar-refractivity contribution in [1.29, 1.82) is 0 Å². The molecule has 0 aliphatic rings. The third-order valence-electron chi connectivity index (χ3n) is 2.48. The number of carbonyl (C=O) groups excluding carboxylic acids is 2. The fourth-order valence-corrected chi connectivity index (χ4v) is 1.58. The quantitative estimate of drug-likeness (QED) is 0.738. The van der Waals surface area contributed by atoms with Crippen LogP contribution in [0.15, 0.2) is 18.2 Å². The van der Waals surface area contributed by atoms with Crippen molar-refractivity contribution in [2.75, 3.05) is 12.3 Å². The standard InChI is InChI=1S/C13H16F3N3O2/c1-7(2)19-11(20)6-18-12(21)8-3-4-10(17)9(5-8)13(14,15)16/h3-5,7H,6,17H2,1-2H3,(H,18,21)(H,19,20). The Bertz CT molecular complexity index is 542. The molecule has 0 spiro atoms. The highest BCUT2D eigenvalue weighted by Crippen LogP contribution is 2.33. The maximum Gasteiger partial charge on any atom is 0.418 e. The van der Waals surface area contributed by atoms with Crippen LogP contribution < -0.4 is 16.4 Å². The Morgan fingerprint density at radius 2 is 1.90 bits per heavy atom. The van der Waals surface area contributed by atoms with Gasteiger partial charge in [-0.1, -0.05) is 0 Å². The van der Waals surface area contributed by atoms with E-state index in [-0.39, 0.29) is 18.2 Å². The summed E-state index contributed by atoms with van der Waals surface area (Å²) in [7, 11) is 0. The van der Waals surface area contributed by atoms with Crippen LogP contribution in [0.5, 0.6) is 0 Å². The highest BCUT2D eigenvalue weighted by atomic mass is 19.4. The third kappa shape index (κ3) is 4.97. The molecule has 8 heteroatoms. The molecule has 1 aromatic carbocycles. The van der Waals surface area contributed by atoms with E-state index in [2.05, 4.69) is 10.6 Å². The van der Waals surface area contributed by atoms with Crippen LogP contribution >= 0.6 is 0 Å². The van der Waals surface area contributed by atoms with Gasteiger partial charge in [-0.3, -0.25) is 9.59 Å². The van der Waals surface area contributed by atoms with Crippen LogP contribution in [-0.4, -0.2) is 24.4 Å². The highest BCUT2D eigenvalue weighted by Gasteiger charge is 2.33. The largest absolute Gasteiger partial charge is 0.418 e. The molecule has 21 heavy (non-hydrogen) atoms. The van der Waals surface area contributed by atoms with Gasteiger partial charge in [-0.05, 0) is 32.0 Å². The van der Waals surface area contributed by atoms with Crippen LogP contribution in [0.4, 0.5) is 18.9 Å². The van der Waals surface area contributed by atoms with Crippen molar-refractivity contribution in [2.24, 2.45) is 0 Å². The van der Waals surface area contributed by atoms with E-state index in [4.69, 9.17) is 5.73 Å². The molecule has 4 N–H and O–H groups in total. The summed E-state index contributed by atoms with van der Waals surface area (Å²) < 4.78 is 38.0. The van der Waals surface area contributed by atoms with Crippen LogP contribution in [0.3, 0.4) is 0 Å². The fourth-order valence-electron chi connectivity index (χ4n) is 1.58. The Morgan fingerprint density at radius 3 is 2.43 bits per heavy atom. The van der Waals surface area contributed by atoms with Crippen molar-refractivity contribution >= 4 is 17.5 Å². The number of nitrogens with two attached hydrogens (primary N) is 1. The van der Waals surface area contributed by atoms with Crippen LogP contribution in [0, 0.1) is 0 Å². The van der Waals surface area contributed by atoms with E-state index < -0.39 is 29.2 Å². The van der Waals surface area contributed by atoms with Crippen molar-refractivity contribution in [2.45, 2.75) is 26.1 Å². The summed E-state index contributed by atoms with van der Waals surface area (Å²) in [6.45, 7) is 3.17. The topological polar surface area (TPSA) is 84.2 Å². The number of carbonyl (C=O) groups is 2. The Kier molecular flexibility index (Phi) is 5.17. The summed E-state index contributed by atoms with van der Waals surface area (Å²) in [6, 6.07) is 2.74. The number of alkyl halides is 3. The molecule has 0 heterocycles. The Balaban J connectivity index is 2.78. The van der Waals surface area contributed by atoms with E-state index in [1.807, 2.05) is 0 Å². The van der Waals surface area contributed by atoms with Gasteiger partial charge >= 0.3 is 6.18 Å². The van der Waals surface area contributed by atoms with E-state index in [0.717, 1.165) is 6.07 Å². The second-order valence-corrected chi connectivity index (χ2v) is 4.70. The monoisotopic (exact) mass is 303 g/mol. The number of halogens is 3. The molecule has 0 saturated heterocycles. The second kappa shape index (κ2) is 6.47. The van der Waals surface area contributed by atoms with Gasteiger partial charge in [0.1, 0.15) is 0 Å². The van der Waals surface area contributed by atoms with Crippen LogP contribution in [0.25, 0.3) is 0 Å². The summed E-state index contributed by atoms with van der Waals surface area (Å²) in [5.74, 6) is -1.20. The molecule has 0 radical (unpaired) electrons. The van der Waals surface area contributed by atoms with Crippen molar-refractivity contribution in [3.05, 3.63) is 29.3 Å². The first-order valence-electron chi connectivity index (χ1n) is 6.15. The molecule has 5 nitrogen and oxygen atoms in total. The zero-order valence-corrected chi connectivity index (χ0v) is 11.5. The van der Waals surface area contributed by atoms with E-state index in [0.29, 0.717) is 6.07 Å². The lowest BCUT2D eigenvalue weighted by molar-refractivity contribution is -0.137. The van der Waals surface area contributed by atoms with Gasteiger partial charge in [0.05, 0.1) is 12.1 Å². The Morgan fingerprint density at radius 1 is 1.29 bits per heavy atom. The number of anilines is 1. The summed E-state index contributed by atoms with van der Waals surface area (Å²) in [6.07, 6.45) is -4.64. The summed E-state index contributed by atoms with van der Waals surface area (Å²) in [5.41, 5.74) is 3.48. The van der Waals surface area contributed by atoms with Crippen molar-refractivity contribution in [3.8, 4) is 0 Å². The normalized spacial score (nSPS) is 11.3. The van der Waals surface area contributed by atoms with Gasteiger partial charge in [-0.25, -0.2) is 0 Å². The fraction of sp³-hybridized carbons (Fsp3) is 0.385. The molecule has 1 rings (SSSR count). The predicted molar refractivity (Wildman–Crippen MR) is 71.5 cm³/mol. The van der Waals surface area contributed by atoms with Gasteiger partial charge in [0.2, 0.25) is 5.91 Å². The number of nitrogens with one attached hydrogen (secondary N) is 2. The molecular weight excluding hydrogens is 287 g/mol. The maximum atomic E-state index is 12.7. The Hall–Kier alpha value is -2.25. The molecule has 1 aromatic rings. The molecule has 0 saturated carbocycles. The van der Waals surface area contributed by atoms with E-state index in [1.165, 1.54) is 6.07 Å². The molecular formula is C13H16F3N3O2. The molecule has 0 bridgehead atoms. The van der Waals surface area contributed by atoms with Crippen molar-refractivity contribution < 1.29 is 22.8 Å². The van der Waals surface area contributed by atoms with Crippen LogP contribution in [-0.2, 0) is 11.0 Å². The maximum absolute atomic E-state index is 12.7. The minimum Gasteiger partial charge on any atom is -0.398 e. The van der Waals surface area contributed by atoms with E-state index >= 15 is 0 Å². The number of nitrogen functional groups attached to an aromatic ring is 1. The number of rotatable bonds is 4. The minimum atomic E-state index is -4.64. The van der Waals surface area contributed by atoms with Crippen LogP contribution in [0.2, 0.25) is 0 Å². The van der Waals surface area contributed by atoms with Gasteiger partial charge in [-0.2, -0.15) is 13.2 Å². The predicted octanol–water partition coefficient (Wildman–Crippen LogP) is 1.54. The molecule has 2 amide bonds. The van der Waals surface area contributed by atoms with Crippen molar-refractivity contribution in [3.63, 3.8) is 0 Å². The van der Waals surface area contributed by atoms with Gasteiger partial charge in [0.15, 0.2) is 0 Å². The smallest absolute Gasteiger partial charge is 0.398 e. The van der Waals surface area contributed by atoms with Gasteiger partial charge < -0.3 is 16.4 Å². The second-order valence-electron chi connectivity index (χ2n) is 4.70. The van der Waals surface area contributed by atoms with E-state index in [1.54, 1.807) is 13.8 Å². The third-order valence-corrected chi connectivity index (χ3v) is 2.48. The zero-order valence-electron chi connectivity index (χ0n) is 11.5. The first-order chi connectivity index (χ1) is 9.61.